The molecule has 0 saturated heterocycles. The lowest BCUT2D eigenvalue weighted by molar-refractivity contribution is 0.637. The topological polar surface area (TPSA) is 57.4 Å². The Morgan fingerprint density at radius 3 is 1.51 bits per heavy atom. The summed E-state index contributed by atoms with van der Waals surface area (Å²) in [6.45, 7) is 0. The zero-order valence-electron chi connectivity index (χ0n) is 29.9. The van der Waals surface area contributed by atoms with Crippen LogP contribution in [-0.4, -0.2) is 17.2 Å². The Morgan fingerprint density at radius 1 is 0.455 bits per heavy atom. The van der Waals surface area contributed by atoms with Gasteiger partial charge in [0, 0.05) is 43.8 Å². The molecule has 258 valence electrons. The van der Waals surface area contributed by atoms with Crippen molar-refractivity contribution in [3.05, 3.63) is 205 Å². The van der Waals surface area contributed by atoms with Crippen LogP contribution in [0.4, 0.5) is 0 Å². The molecule has 0 bridgehead atoms. The molecular formula is C50H34N4Si. The summed E-state index contributed by atoms with van der Waals surface area (Å²) >= 11 is 0. The Hall–Kier alpha value is -7.18. The predicted molar refractivity (Wildman–Crippen MR) is 228 cm³/mol. The molecule has 0 spiro atoms. The summed E-state index contributed by atoms with van der Waals surface area (Å²) in [6, 6.07) is 65.5. The molecule has 2 aromatic heterocycles. The first-order valence-electron chi connectivity index (χ1n) is 18.6. The molecule has 9 aromatic rings. The van der Waals surface area contributed by atoms with Gasteiger partial charge in [-0.25, -0.2) is 0 Å². The molecule has 10 rings (SSSR count). The highest BCUT2D eigenvalue weighted by Gasteiger charge is 2.50. The molecular weight excluding hydrogens is 685 g/mol. The molecule has 0 radical (unpaired) electrons. The minimum atomic E-state index is -3.11. The zero-order chi connectivity index (χ0) is 36.9. The van der Waals surface area contributed by atoms with Gasteiger partial charge < -0.3 is 9.13 Å². The first kappa shape index (κ1) is 32.5. The number of hydrogen-bond acceptors (Lipinski definition) is 2. The molecule has 0 aliphatic heterocycles. The molecule has 1 aliphatic rings. The van der Waals surface area contributed by atoms with Crippen LogP contribution in [0.2, 0.25) is 5.54 Å². The van der Waals surface area contributed by atoms with Crippen LogP contribution in [0.25, 0.3) is 49.3 Å². The number of nitriles is 2. The van der Waals surface area contributed by atoms with Gasteiger partial charge in [-0.05, 0) is 70.2 Å². The van der Waals surface area contributed by atoms with Gasteiger partial charge in [0.1, 0.15) is 0 Å². The van der Waals surface area contributed by atoms with Crippen molar-refractivity contribution in [3.8, 4) is 17.8 Å². The minimum absolute atomic E-state index is 0.00151. The standard InChI is InChI=1S/C50H34N4Si/c51-33-35-27-29-45-41(31-35)42-32-36(34-52)28-30-46(42)54(45)48-24-12-14-26-50(48)55(37-15-3-1-4-16-37,38-17-5-2-6-18-38)49-25-13-11-23-47(49)53-43-21-9-7-19-39(43)40-20-8-10-22-44(40)53/h1-32,48,50H. The lowest BCUT2D eigenvalue weighted by Crippen LogP contribution is -2.71. The molecule has 2 unspecified atom stereocenters. The predicted octanol–water partition coefficient (Wildman–Crippen LogP) is 9.84. The first-order valence-corrected chi connectivity index (χ1v) is 20.7. The normalized spacial score (nSPS) is 15.5. The molecule has 2 heterocycles. The number of allylic oxidation sites excluding steroid dienone is 4. The number of nitrogens with zero attached hydrogens (tertiary/aromatic N) is 4. The highest BCUT2D eigenvalue weighted by atomic mass is 28.3. The maximum Gasteiger partial charge on any atom is 0.160 e. The van der Waals surface area contributed by atoms with Gasteiger partial charge >= 0.3 is 0 Å². The summed E-state index contributed by atoms with van der Waals surface area (Å²) in [6.07, 6.45) is 9.22. The van der Waals surface area contributed by atoms with E-state index in [4.69, 9.17) is 0 Å². The molecule has 0 N–H and O–H groups in total. The van der Waals surface area contributed by atoms with E-state index in [1.54, 1.807) is 0 Å². The van der Waals surface area contributed by atoms with Gasteiger partial charge in [0.25, 0.3) is 0 Å². The maximum atomic E-state index is 9.96. The maximum absolute atomic E-state index is 9.96. The Bertz CT molecular complexity index is 2920. The van der Waals surface area contributed by atoms with E-state index < -0.39 is 8.07 Å². The highest BCUT2D eigenvalue weighted by molar-refractivity contribution is 7.13. The van der Waals surface area contributed by atoms with Crippen molar-refractivity contribution in [1.82, 2.24) is 9.13 Å². The summed E-state index contributed by atoms with van der Waals surface area (Å²) in [4.78, 5) is 0. The van der Waals surface area contributed by atoms with E-state index >= 15 is 0 Å². The fourth-order valence-corrected chi connectivity index (χ4v) is 15.0. The second kappa shape index (κ2) is 13.0. The molecule has 0 fully saturated rings. The van der Waals surface area contributed by atoms with Gasteiger partial charge in [-0.2, -0.15) is 10.5 Å². The lowest BCUT2D eigenvalue weighted by atomic mass is 10.1. The van der Waals surface area contributed by atoms with E-state index in [1.807, 2.05) is 24.3 Å². The third-order valence-corrected chi connectivity index (χ3v) is 16.9. The third-order valence-electron chi connectivity index (χ3n) is 11.6. The second-order valence-corrected chi connectivity index (χ2v) is 18.2. The van der Waals surface area contributed by atoms with Crippen molar-refractivity contribution in [2.45, 2.75) is 11.6 Å². The van der Waals surface area contributed by atoms with Crippen LogP contribution in [0.5, 0.6) is 0 Å². The van der Waals surface area contributed by atoms with Crippen molar-refractivity contribution in [3.63, 3.8) is 0 Å². The van der Waals surface area contributed by atoms with Crippen LogP contribution in [-0.2, 0) is 0 Å². The number of benzene rings is 7. The molecule has 55 heavy (non-hydrogen) atoms. The van der Waals surface area contributed by atoms with E-state index in [9.17, 15) is 10.5 Å². The van der Waals surface area contributed by atoms with Crippen LogP contribution in [0.15, 0.2) is 194 Å². The molecule has 7 aromatic carbocycles. The second-order valence-electron chi connectivity index (χ2n) is 14.3. The first-order chi connectivity index (χ1) is 27.2. The average Bonchev–Trinajstić information content (AvgIpc) is 3.77. The minimum Gasteiger partial charge on any atom is -0.333 e. The number of para-hydroxylation sites is 3. The number of aromatic nitrogens is 2. The number of hydrogen-bond donors (Lipinski definition) is 0. The molecule has 0 amide bonds. The van der Waals surface area contributed by atoms with Crippen molar-refractivity contribution in [1.29, 1.82) is 10.5 Å². The van der Waals surface area contributed by atoms with Crippen LogP contribution in [0.1, 0.15) is 17.2 Å². The SMILES string of the molecule is N#Cc1ccc2c(c1)c1cc(C#N)ccc1n2C1C=CC=CC1[Si](c1ccccc1)(c1ccccc1)c1ccccc1-n1c2ccccc2c2ccccc21. The third kappa shape index (κ3) is 4.88. The molecule has 0 saturated carbocycles. The van der Waals surface area contributed by atoms with Crippen molar-refractivity contribution in [2.24, 2.45) is 0 Å². The Labute approximate surface area is 320 Å². The summed E-state index contributed by atoms with van der Waals surface area (Å²) in [5.41, 5.74) is 6.82. The van der Waals surface area contributed by atoms with Crippen LogP contribution in [0.3, 0.4) is 0 Å². The molecule has 4 nitrogen and oxygen atoms in total. The fourth-order valence-electron chi connectivity index (χ4n) is 9.38. The monoisotopic (exact) mass is 718 g/mol. The number of rotatable bonds is 6. The van der Waals surface area contributed by atoms with Crippen LogP contribution < -0.4 is 15.6 Å². The Morgan fingerprint density at radius 2 is 0.945 bits per heavy atom. The van der Waals surface area contributed by atoms with E-state index in [-0.39, 0.29) is 11.6 Å². The quantitative estimate of drug-likeness (QED) is 0.127. The van der Waals surface area contributed by atoms with Crippen LogP contribution >= 0.6 is 0 Å². The molecule has 1 aliphatic carbocycles. The van der Waals surface area contributed by atoms with E-state index in [0.29, 0.717) is 11.1 Å². The van der Waals surface area contributed by atoms with Gasteiger partial charge in [-0.15, -0.1) is 0 Å². The Kier molecular flexibility index (Phi) is 7.70. The summed E-state index contributed by atoms with van der Waals surface area (Å²) in [5, 5.41) is 28.3. The molecule has 5 heteroatoms. The summed E-state index contributed by atoms with van der Waals surface area (Å²) in [5.74, 6) is 0. The van der Waals surface area contributed by atoms with E-state index in [2.05, 4.69) is 191 Å². The van der Waals surface area contributed by atoms with Gasteiger partial charge in [-0.1, -0.05) is 140 Å². The summed E-state index contributed by atoms with van der Waals surface area (Å²) < 4.78 is 4.95. The van der Waals surface area contributed by atoms with Gasteiger partial charge in [-0.3, -0.25) is 0 Å². The van der Waals surface area contributed by atoms with Crippen molar-refractivity contribution < 1.29 is 0 Å². The molecule has 2 atom stereocenters. The van der Waals surface area contributed by atoms with Crippen molar-refractivity contribution in [2.75, 3.05) is 0 Å². The zero-order valence-corrected chi connectivity index (χ0v) is 30.9. The highest BCUT2D eigenvalue weighted by Crippen LogP contribution is 2.44. The van der Waals surface area contributed by atoms with Crippen LogP contribution in [0, 0.1) is 22.7 Å². The lowest BCUT2D eigenvalue weighted by Gasteiger charge is -2.44. The van der Waals surface area contributed by atoms with Crippen molar-refractivity contribution >= 4 is 67.2 Å². The fraction of sp³-hybridized carbons (Fsp3) is 0.0400. The summed E-state index contributed by atoms with van der Waals surface area (Å²) in [7, 11) is -3.11. The van der Waals surface area contributed by atoms with Gasteiger partial charge in [0.15, 0.2) is 8.07 Å². The smallest absolute Gasteiger partial charge is 0.160 e. The van der Waals surface area contributed by atoms with E-state index in [1.165, 1.54) is 43.1 Å². The Balaban J connectivity index is 1.34. The largest absolute Gasteiger partial charge is 0.333 e. The van der Waals surface area contributed by atoms with Gasteiger partial charge in [0.05, 0.1) is 40.3 Å². The van der Waals surface area contributed by atoms with E-state index in [0.717, 1.165) is 21.8 Å². The van der Waals surface area contributed by atoms with Gasteiger partial charge in [0.2, 0.25) is 0 Å². The number of fused-ring (bicyclic) bond motifs is 6. The average molecular weight is 719 g/mol.